The zero-order chi connectivity index (χ0) is 11.0. The van der Waals surface area contributed by atoms with Crippen LogP contribution in [-0.2, 0) is 0 Å². The first kappa shape index (κ1) is 13.0. The molecule has 1 rings (SSSR count). The molecule has 0 aliphatic heterocycles. The van der Waals surface area contributed by atoms with E-state index in [-0.39, 0.29) is 0 Å². The van der Waals surface area contributed by atoms with E-state index in [1.54, 1.807) is 0 Å². The molecule has 0 amide bonds. The maximum absolute atomic E-state index is 2.22. The second-order valence-electron chi connectivity index (χ2n) is 3.22. The fraction of sp³-hybridized carbons (Fsp3) is 0.429. The molecule has 78 valence electrons. The minimum atomic E-state index is 0.558. The second kappa shape index (κ2) is 7.37. The van der Waals surface area contributed by atoms with Gasteiger partial charge in [0, 0.05) is 0 Å². The summed E-state index contributed by atoms with van der Waals surface area (Å²) in [4.78, 5) is 0. The third-order valence-corrected chi connectivity index (χ3v) is 2.03. The second-order valence-corrected chi connectivity index (χ2v) is 3.22. The summed E-state index contributed by atoms with van der Waals surface area (Å²) >= 11 is 0. The predicted octanol–water partition coefficient (Wildman–Crippen LogP) is 4.67. The Kier molecular flexibility index (Phi) is 6.82. The van der Waals surface area contributed by atoms with Crippen molar-refractivity contribution in [2.24, 2.45) is 5.92 Å². The van der Waals surface area contributed by atoms with Gasteiger partial charge in [0.2, 0.25) is 0 Å². The Morgan fingerprint density at radius 3 is 2.29 bits per heavy atom. The molecule has 0 aromatic heterocycles. The lowest BCUT2D eigenvalue weighted by Gasteiger charge is -1.95. The average molecular weight is 190 g/mol. The molecule has 1 unspecified atom stereocenters. The van der Waals surface area contributed by atoms with Crippen LogP contribution in [0, 0.1) is 5.92 Å². The van der Waals surface area contributed by atoms with Gasteiger partial charge in [-0.05, 0) is 30.9 Å². The van der Waals surface area contributed by atoms with Crippen molar-refractivity contribution in [3.05, 3.63) is 47.6 Å². The van der Waals surface area contributed by atoms with Gasteiger partial charge in [-0.1, -0.05) is 57.2 Å². The summed E-state index contributed by atoms with van der Waals surface area (Å²) in [5, 5.41) is 0. The van der Waals surface area contributed by atoms with Crippen molar-refractivity contribution >= 4 is 0 Å². The SMILES string of the molecule is C/C=C\C1=C(C)C=CC(C)C=C1.CC. The summed E-state index contributed by atoms with van der Waals surface area (Å²) in [6, 6.07) is 0. The molecule has 14 heavy (non-hydrogen) atoms. The minimum absolute atomic E-state index is 0.558. The van der Waals surface area contributed by atoms with Crippen LogP contribution < -0.4 is 0 Å². The monoisotopic (exact) mass is 190 g/mol. The van der Waals surface area contributed by atoms with E-state index in [1.165, 1.54) is 11.1 Å². The van der Waals surface area contributed by atoms with Gasteiger partial charge >= 0.3 is 0 Å². The highest BCUT2D eigenvalue weighted by Crippen LogP contribution is 2.16. The summed E-state index contributed by atoms with van der Waals surface area (Å²) < 4.78 is 0. The highest BCUT2D eigenvalue weighted by Gasteiger charge is 1.98. The molecule has 0 aromatic carbocycles. The zero-order valence-corrected chi connectivity index (χ0v) is 10.0. The van der Waals surface area contributed by atoms with Crippen molar-refractivity contribution in [2.45, 2.75) is 34.6 Å². The summed E-state index contributed by atoms with van der Waals surface area (Å²) in [7, 11) is 0. The number of rotatable bonds is 1. The summed E-state index contributed by atoms with van der Waals surface area (Å²) in [6.07, 6.45) is 13.1. The Bertz CT molecular complexity index is 262. The van der Waals surface area contributed by atoms with Crippen molar-refractivity contribution in [3.8, 4) is 0 Å². The van der Waals surface area contributed by atoms with Gasteiger partial charge in [0.25, 0.3) is 0 Å². The zero-order valence-electron chi connectivity index (χ0n) is 10.0. The van der Waals surface area contributed by atoms with Gasteiger partial charge in [-0.25, -0.2) is 0 Å². The van der Waals surface area contributed by atoms with E-state index in [9.17, 15) is 0 Å². The van der Waals surface area contributed by atoms with Gasteiger partial charge in [0.05, 0.1) is 0 Å². The lowest BCUT2D eigenvalue weighted by atomic mass is 10.1. The van der Waals surface area contributed by atoms with Crippen LogP contribution in [0.25, 0.3) is 0 Å². The van der Waals surface area contributed by atoms with Crippen molar-refractivity contribution in [1.82, 2.24) is 0 Å². The molecule has 0 bridgehead atoms. The van der Waals surface area contributed by atoms with Crippen LogP contribution in [0.5, 0.6) is 0 Å². The lowest BCUT2D eigenvalue weighted by Crippen LogP contribution is -1.78. The molecule has 0 fully saturated rings. The van der Waals surface area contributed by atoms with E-state index >= 15 is 0 Å². The normalized spacial score (nSPS) is 20.8. The summed E-state index contributed by atoms with van der Waals surface area (Å²) in [6.45, 7) is 10.4. The Morgan fingerprint density at radius 1 is 1.14 bits per heavy atom. The first-order valence-corrected chi connectivity index (χ1v) is 5.44. The first-order valence-electron chi connectivity index (χ1n) is 5.44. The van der Waals surface area contributed by atoms with Crippen molar-refractivity contribution in [2.75, 3.05) is 0 Å². The molecule has 1 aliphatic carbocycles. The fourth-order valence-electron chi connectivity index (χ4n) is 1.21. The van der Waals surface area contributed by atoms with Crippen LogP contribution in [0.1, 0.15) is 34.6 Å². The van der Waals surface area contributed by atoms with E-state index in [4.69, 9.17) is 0 Å². The highest BCUT2D eigenvalue weighted by molar-refractivity contribution is 5.42. The van der Waals surface area contributed by atoms with Gasteiger partial charge < -0.3 is 0 Å². The van der Waals surface area contributed by atoms with Gasteiger partial charge in [0.1, 0.15) is 0 Å². The Hall–Kier alpha value is -1.04. The summed E-state index contributed by atoms with van der Waals surface area (Å²) in [5.74, 6) is 0.558. The third kappa shape index (κ3) is 4.27. The van der Waals surface area contributed by atoms with E-state index in [0.717, 1.165) is 0 Å². The van der Waals surface area contributed by atoms with Crippen molar-refractivity contribution in [3.63, 3.8) is 0 Å². The van der Waals surface area contributed by atoms with Crippen molar-refractivity contribution in [1.29, 1.82) is 0 Å². The molecular formula is C14H22. The molecule has 0 aromatic rings. The van der Waals surface area contributed by atoms with Crippen LogP contribution in [0.15, 0.2) is 47.6 Å². The summed E-state index contributed by atoms with van der Waals surface area (Å²) in [5.41, 5.74) is 2.66. The molecule has 1 aliphatic rings. The molecule has 0 heteroatoms. The molecule has 0 saturated heterocycles. The van der Waals surface area contributed by atoms with E-state index < -0.39 is 0 Å². The largest absolute Gasteiger partial charge is 0.0871 e. The molecule has 1 atom stereocenters. The lowest BCUT2D eigenvalue weighted by molar-refractivity contribution is 0.941. The van der Waals surface area contributed by atoms with E-state index in [1.807, 2.05) is 20.8 Å². The molecule has 0 radical (unpaired) electrons. The van der Waals surface area contributed by atoms with E-state index in [0.29, 0.717) is 5.92 Å². The Labute approximate surface area is 88.7 Å². The highest BCUT2D eigenvalue weighted by atomic mass is 14.0. The van der Waals surface area contributed by atoms with Crippen LogP contribution in [0.4, 0.5) is 0 Å². The smallest absolute Gasteiger partial charge is 0.00753 e. The molecule has 0 nitrogen and oxygen atoms in total. The van der Waals surface area contributed by atoms with Crippen LogP contribution in [0.3, 0.4) is 0 Å². The first-order chi connectivity index (χ1) is 6.74. The number of hydrogen-bond donors (Lipinski definition) is 0. The van der Waals surface area contributed by atoms with Gasteiger partial charge in [0.15, 0.2) is 0 Å². The molecule has 0 spiro atoms. The third-order valence-electron chi connectivity index (χ3n) is 2.03. The van der Waals surface area contributed by atoms with Gasteiger partial charge in [-0.3, -0.25) is 0 Å². The van der Waals surface area contributed by atoms with Crippen LogP contribution >= 0.6 is 0 Å². The fourth-order valence-corrected chi connectivity index (χ4v) is 1.21. The maximum atomic E-state index is 2.22. The predicted molar refractivity (Wildman–Crippen MR) is 66.3 cm³/mol. The van der Waals surface area contributed by atoms with Gasteiger partial charge in [-0.15, -0.1) is 0 Å². The molecule has 0 saturated carbocycles. The number of allylic oxidation sites excluding steroid dienone is 8. The van der Waals surface area contributed by atoms with Crippen molar-refractivity contribution < 1.29 is 0 Å². The molecule has 0 N–H and O–H groups in total. The van der Waals surface area contributed by atoms with Crippen LogP contribution in [0.2, 0.25) is 0 Å². The van der Waals surface area contributed by atoms with Gasteiger partial charge in [-0.2, -0.15) is 0 Å². The topological polar surface area (TPSA) is 0 Å². The number of hydrogen-bond acceptors (Lipinski definition) is 0. The average Bonchev–Trinajstić information content (AvgIpc) is 2.37. The molecular weight excluding hydrogens is 168 g/mol. The molecule has 0 heterocycles. The minimum Gasteiger partial charge on any atom is -0.0871 e. The standard InChI is InChI=1S/C12H16.C2H6/c1-4-5-12-9-7-10(2)6-8-11(12)3;1-2/h4-10H,1-3H3;1-2H3/b5-4-;. The quantitative estimate of drug-likeness (QED) is 0.564. The maximum Gasteiger partial charge on any atom is -0.00753 e. The Morgan fingerprint density at radius 2 is 1.71 bits per heavy atom. The van der Waals surface area contributed by atoms with E-state index in [2.05, 4.69) is 50.3 Å². The van der Waals surface area contributed by atoms with Crippen LogP contribution in [-0.4, -0.2) is 0 Å². The Balaban J connectivity index is 0.000000791.